The van der Waals surface area contributed by atoms with Crippen LogP contribution in [0.1, 0.15) is 5.56 Å². The molecular formula is C13H14N2O3S. The Labute approximate surface area is 111 Å². The Morgan fingerprint density at radius 1 is 1.16 bits per heavy atom. The number of phenols is 1. The molecule has 0 aromatic heterocycles. The quantitative estimate of drug-likeness (QED) is 0.592. The van der Waals surface area contributed by atoms with Crippen molar-refractivity contribution in [2.45, 2.75) is 11.8 Å². The summed E-state index contributed by atoms with van der Waals surface area (Å²) in [6.07, 6.45) is 0. The standard InChI is InChI=1S/C13H14N2O3S/c1-9-8-10(6-7-12(9)16)15-19(17,18)13-5-3-2-4-11(13)14/h2-8,15-16H,14H2,1H3. The minimum atomic E-state index is -3.73. The van der Waals surface area contributed by atoms with E-state index in [1.54, 1.807) is 25.1 Å². The highest BCUT2D eigenvalue weighted by atomic mass is 32.2. The summed E-state index contributed by atoms with van der Waals surface area (Å²) in [5.41, 5.74) is 6.80. The number of anilines is 2. The van der Waals surface area contributed by atoms with Crippen LogP contribution in [0.15, 0.2) is 47.4 Å². The number of para-hydroxylation sites is 1. The number of nitrogens with one attached hydrogen (secondary N) is 1. The predicted octanol–water partition coefficient (Wildman–Crippen LogP) is 2.08. The Balaban J connectivity index is 2.37. The molecule has 0 aliphatic rings. The van der Waals surface area contributed by atoms with Crippen molar-refractivity contribution in [3.63, 3.8) is 0 Å². The van der Waals surface area contributed by atoms with Gasteiger partial charge < -0.3 is 10.8 Å². The molecule has 2 aromatic rings. The summed E-state index contributed by atoms with van der Waals surface area (Å²) >= 11 is 0. The maximum absolute atomic E-state index is 12.2. The summed E-state index contributed by atoms with van der Waals surface area (Å²) in [6, 6.07) is 10.7. The van der Waals surface area contributed by atoms with Crippen molar-refractivity contribution in [1.82, 2.24) is 0 Å². The second-order valence-electron chi connectivity index (χ2n) is 4.14. The second-order valence-corrected chi connectivity index (χ2v) is 5.80. The van der Waals surface area contributed by atoms with Crippen LogP contribution in [0.5, 0.6) is 5.75 Å². The molecule has 4 N–H and O–H groups in total. The third-order valence-corrected chi connectivity index (χ3v) is 4.11. The second kappa shape index (κ2) is 4.81. The lowest BCUT2D eigenvalue weighted by atomic mass is 10.2. The zero-order chi connectivity index (χ0) is 14.0. The zero-order valence-corrected chi connectivity index (χ0v) is 11.1. The first-order valence-electron chi connectivity index (χ1n) is 5.57. The van der Waals surface area contributed by atoms with Crippen LogP contribution in [0.2, 0.25) is 0 Å². The molecule has 19 heavy (non-hydrogen) atoms. The Morgan fingerprint density at radius 3 is 2.47 bits per heavy atom. The molecule has 5 nitrogen and oxygen atoms in total. The van der Waals surface area contributed by atoms with Gasteiger partial charge in [0, 0.05) is 5.69 Å². The zero-order valence-electron chi connectivity index (χ0n) is 10.3. The van der Waals surface area contributed by atoms with Crippen molar-refractivity contribution in [3.05, 3.63) is 48.0 Å². The van der Waals surface area contributed by atoms with Gasteiger partial charge in [0.2, 0.25) is 0 Å². The number of rotatable bonds is 3. The van der Waals surface area contributed by atoms with Gasteiger partial charge in [-0.1, -0.05) is 12.1 Å². The van der Waals surface area contributed by atoms with E-state index in [2.05, 4.69) is 4.72 Å². The SMILES string of the molecule is Cc1cc(NS(=O)(=O)c2ccccc2N)ccc1O. The lowest BCUT2D eigenvalue weighted by molar-refractivity contribution is 0.471. The third kappa shape index (κ3) is 2.79. The molecule has 0 radical (unpaired) electrons. The number of benzene rings is 2. The Kier molecular flexibility index (Phi) is 3.35. The highest BCUT2D eigenvalue weighted by molar-refractivity contribution is 7.92. The summed E-state index contributed by atoms with van der Waals surface area (Å²) in [7, 11) is -3.73. The molecule has 100 valence electrons. The normalized spacial score (nSPS) is 11.2. The van der Waals surface area contributed by atoms with E-state index >= 15 is 0 Å². The highest BCUT2D eigenvalue weighted by Crippen LogP contribution is 2.24. The number of hydrogen-bond acceptors (Lipinski definition) is 4. The number of aromatic hydroxyl groups is 1. The fourth-order valence-corrected chi connectivity index (χ4v) is 2.84. The maximum Gasteiger partial charge on any atom is 0.263 e. The molecule has 0 amide bonds. The Morgan fingerprint density at radius 2 is 1.84 bits per heavy atom. The number of aryl methyl sites for hydroxylation is 1. The van der Waals surface area contributed by atoms with Gasteiger partial charge in [-0.2, -0.15) is 0 Å². The monoisotopic (exact) mass is 278 g/mol. The van der Waals surface area contributed by atoms with E-state index in [1.165, 1.54) is 24.3 Å². The van der Waals surface area contributed by atoms with Gasteiger partial charge in [0.1, 0.15) is 10.6 Å². The van der Waals surface area contributed by atoms with Crippen LogP contribution in [0, 0.1) is 6.92 Å². The molecule has 0 unspecified atom stereocenters. The first-order valence-corrected chi connectivity index (χ1v) is 7.05. The summed E-state index contributed by atoms with van der Waals surface area (Å²) in [4.78, 5) is 0.0285. The van der Waals surface area contributed by atoms with Gasteiger partial charge in [-0.15, -0.1) is 0 Å². The van der Waals surface area contributed by atoms with Gasteiger partial charge in [-0.3, -0.25) is 4.72 Å². The lowest BCUT2D eigenvalue weighted by Crippen LogP contribution is -2.14. The van der Waals surface area contributed by atoms with E-state index in [-0.39, 0.29) is 16.3 Å². The number of phenolic OH excluding ortho intramolecular Hbond substituents is 1. The topological polar surface area (TPSA) is 92.4 Å². The first kappa shape index (κ1) is 13.2. The Hall–Kier alpha value is -2.21. The average Bonchev–Trinajstić information content (AvgIpc) is 2.34. The van der Waals surface area contributed by atoms with Gasteiger partial charge in [-0.05, 0) is 42.8 Å². The van der Waals surface area contributed by atoms with Gasteiger partial charge in [0.25, 0.3) is 10.0 Å². The average molecular weight is 278 g/mol. The molecule has 0 aliphatic heterocycles. The van der Waals surface area contributed by atoms with Crippen molar-refractivity contribution >= 4 is 21.4 Å². The molecule has 0 fully saturated rings. The fraction of sp³-hybridized carbons (Fsp3) is 0.0769. The van der Waals surface area contributed by atoms with E-state index < -0.39 is 10.0 Å². The minimum absolute atomic E-state index is 0.0285. The van der Waals surface area contributed by atoms with Crippen LogP contribution in [0.4, 0.5) is 11.4 Å². The summed E-state index contributed by atoms with van der Waals surface area (Å²) in [5, 5.41) is 9.41. The summed E-state index contributed by atoms with van der Waals surface area (Å²) in [6.45, 7) is 1.68. The maximum atomic E-state index is 12.2. The number of hydrogen-bond donors (Lipinski definition) is 3. The van der Waals surface area contributed by atoms with Gasteiger partial charge in [-0.25, -0.2) is 8.42 Å². The molecule has 0 bridgehead atoms. The van der Waals surface area contributed by atoms with Crippen LogP contribution < -0.4 is 10.5 Å². The first-order chi connectivity index (χ1) is 8.90. The molecule has 0 atom stereocenters. The minimum Gasteiger partial charge on any atom is -0.508 e. The van der Waals surface area contributed by atoms with E-state index in [4.69, 9.17) is 5.73 Å². The molecule has 0 saturated heterocycles. The lowest BCUT2D eigenvalue weighted by Gasteiger charge is -2.10. The molecule has 2 rings (SSSR count). The Bertz CT molecular complexity index is 712. The van der Waals surface area contributed by atoms with Crippen LogP contribution >= 0.6 is 0 Å². The molecule has 0 spiro atoms. The van der Waals surface area contributed by atoms with Crippen LogP contribution in [0.25, 0.3) is 0 Å². The van der Waals surface area contributed by atoms with E-state index in [1.807, 2.05) is 0 Å². The summed E-state index contributed by atoms with van der Waals surface area (Å²) in [5.74, 6) is 0.113. The van der Waals surface area contributed by atoms with Crippen molar-refractivity contribution in [2.24, 2.45) is 0 Å². The van der Waals surface area contributed by atoms with Crippen LogP contribution in [-0.2, 0) is 10.0 Å². The number of sulfonamides is 1. The highest BCUT2D eigenvalue weighted by Gasteiger charge is 2.17. The molecule has 0 aliphatic carbocycles. The molecule has 0 saturated carbocycles. The largest absolute Gasteiger partial charge is 0.508 e. The number of nitrogen functional groups attached to an aromatic ring is 1. The van der Waals surface area contributed by atoms with E-state index in [0.29, 0.717) is 11.3 Å². The van der Waals surface area contributed by atoms with Crippen LogP contribution in [-0.4, -0.2) is 13.5 Å². The third-order valence-electron chi connectivity index (χ3n) is 2.66. The predicted molar refractivity (Wildman–Crippen MR) is 74.5 cm³/mol. The van der Waals surface area contributed by atoms with Crippen molar-refractivity contribution < 1.29 is 13.5 Å². The summed E-state index contributed by atoms with van der Waals surface area (Å²) < 4.78 is 26.8. The molecule has 0 heterocycles. The van der Waals surface area contributed by atoms with Gasteiger partial charge in [0.15, 0.2) is 0 Å². The van der Waals surface area contributed by atoms with Crippen molar-refractivity contribution in [2.75, 3.05) is 10.5 Å². The van der Waals surface area contributed by atoms with Crippen molar-refractivity contribution in [1.29, 1.82) is 0 Å². The smallest absolute Gasteiger partial charge is 0.263 e. The fourth-order valence-electron chi connectivity index (χ4n) is 1.65. The van der Waals surface area contributed by atoms with Crippen LogP contribution in [0.3, 0.4) is 0 Å². The molecule has 6 heteroatoms. The van der Waals surface area contributed by atoms with Gasteiger partial charge >= 0.3 is 0 Å². The number of nitrogens with two attached hydrogens (primary N) is 1. The van der Waals surface area contributed by atoms with Gasteiger partial charge in [0.05, 0.1) is 5.69 Å². The molecular weight excluding hydrogens is 264 g/mol. The van der Waals surface area contributed by atoms with E-state index in [9.17, 15) is 13.5 Å². The molecule has 2 aromatic carbocycles. The van der Waals surface area contributed by atoms with Crippen molar-refractivity contribution in [3.8, 4) is 5.75 Å². The van der Waals surface area contributed by atoms with E-state index in [0.717, 1.165) is 0 Å².